The summed E-state index contributed by atoms with van der Waals surface area (Å²) in [5.41, 5.74) is 2.61. The maximum atomic E-state index is 12.3. The van der Waals surface area contributed by atoms with Crippen molar-refractivity contribution < 1.29 is 14.4 Å². The van der Waals surface area contributed by atoms with Gasteiger partial charge in [0.2, 0.25) is 5.91 Å². The highest BCUT2D eigenvalue weighted by molar-refractivity contribution is 5.95. The molecule has 0 radical (unpaired) electrons. The second kappa shape index (κ2) is 6.44. The molecule has 5 nitrogen and oxygen atoms in total. The second-order valence-corrected chi connectivity index (χ2v) is 5.13. The summed E-state index contributed by atoms with van der Waals surface area (Å²) in [6, 6.07) is 15.1. The maximum absolute atomic E-state index is 12.3. The Balaban J connectivity index is 1.77. The van der Waals surface area contributed by atoms with E-state index in [2.05, 4.69) is 5.32 Å². The van der Waals surface area contributed by atoms with Gasteiger partial charge in [0.15, 0.2) is 0 Å². The van der Waals surface area contributed by atoms with Crippen LogP contribution < -0.4 is 14.9 Å². The molecule has 1 N–H and O–H groups in total. The quantitative estimate of drug-likeness (QED) is 0.788. The molecule has 0 bridgehead atoms. The average molecular weight is 310 g/mol. The lowest BCUT2D eigenvalue weighted by molar-refractivity contribution is -0.115. The largest absolute Gasteiger partial charge is 0.497 e. The van der Waals surface area contributed by atoms with Crippen molar-refractivity contribution in [3.63, 3.8) is 0 Å². The normalized spacial score (nSPS) is 10.5. The minimum atomic E-state index is -0.0748. The summed E-state index contributed by atoms with van der Waals surface area (Å²) >= 11 is 0. The van der Waals surface area contributed by atoms with Gasteiger partial charge in [0, 0.05) is 17.3 Å². The Labute approximate surface area is 134 Å². The van der Waals surface area contributed by atoms with E-state index in [1.807, 2.05) is 54.7 Å². The fraction of sp³-hybridized carbons (Fsp3) is 0.167. The summed E-state index contributed by atoms with van der Waals surface area (Å²) in [5, 5.41) is 3.90. The first-order chi connectivity index (χ1) is 11.2. The van der Waals surface area contributed by atoms with Crippen molar-refractivity contribution in [2.24, 2.45) is 0 Å². The lowest BCUT2D eigenvalue weighted by atomic mass is 10.1. The summed E-state index contributed by atoms with van der Waals surface area (Å²) in [4.78, 5) is 17.6. The van der Waals surface area contributed by atoms with Gasteiger partial charge in [0.05, 0.1) is 19.0 Å². The van der Waals surface area contributed by atoms with E-state index in [1.54, 1.807) is 19.0 Å². The molecular weight excluding hydrogens is 292 g/mol. The average Bonchev–Trinajstić information content (AvgIpc) is 2.93. The van der Waals surface area contributed by atoms with Crippen LogP contribution in [0.3, 0.4) is 0 Å². The minimum Gasteiger partial charge on any atom is -0.497 e. The number of aromatic nitrogens is 1. The first-order valence-electron chi connectivity index (χ1n) is 7.28. The molecule has 0 saturated heterocycles. The number of ether oxygens (including phenoxy) is 1. The molecule has 1 aromatic heterocycles. The fourth-order valence-electron chi connectivity index (χ4n) is 2.56. The third-order valence-electron chi connectivity index (χ3n) is 3.68. The predicted octanol–water partition coefficient (Wildman–Crippen LogP) is 2.89. The topological polar surface area (TPSA) is 52.5 Å². The number of rotatable bonds is 5. The van der Waals surface area contributed by atoms with E-state index in [1.165, 1.54) is 0 Å². The zero-order chi connectivity index (χ0) is 16.2. The molecule has 2 aromatic carbocycles. The third kappa shape index (κ3) is 3.13. The number of hydrogen-bond donors (Lipinski definition) is 1. The van der Waals surface area contributed by atoms with Crippen LogP contribution in [-0.2, 0) is 11.2 Å². The molecule has 0 saturated carbocycles. The summed E-state index contributed by atoms with van der Waals surface area (Å²) in [6.45, 7) is 0. The number of methoxy groups -OCH3 is 1. The Morgan fingerprint density at radius 3 is 2.52 bits per heavy atom. The SMILES string of the molecule is COc1ccc(NC(=O)Cc2cn(OC)c3ccccc23)cc1. The van der Waals surface area contributed by atoms with Gasteiger partial charge in [-0.05, 0) is 35.9 Å². The van der Waals surface area contributed by atoms with E-state index in [4.69, 9.17) is 9.57 Å². The molecule has 118 valence electrons. The Morgan fingerprint density at radius 1 is 1.09 bits per heavy atom. The van der Waals surface area contributed by atoms with Gasteiger partial charge in [-0.3, -0.25) is 4.79 Å². The Morgan fingerprint density at radius 2 is 1.83 bits per heavy atom. The number of para-hydroxylation sites is 1. The van der Waals surface area contributed by atoms with Gasteiger partial charge in [0.25, 0.3) is 0 Å². The fourth-order valence-corrected chi connectivity index (χ4v) is 2.56. The zero-order valence-electron chi connectivity index (χ0n) is 13.1. The third-order valence-corrected chi connectivity index (χ3v) is 3.68. The van der Waals surface area contributed by atoms with Crippen molar-refractivity contribution in [2.45, 2.75) is 6.42 Å². The summed E-state index contributed by atoms with van der Waals surface area (Å²) < 4.78 is 6.78. The Hall–Kier alpha value is -2.95. The number of fused-ring (bicyclic) bond motifs is 1. The van der Waals surface area contributed by atoms with Crippen LogP contribution in [-0.4, -0.2) is 24.9 Å². The molecule has 0 spiro atoms. The molecular formula is C18H18N2O3. The number of benzene rings is 2. The molecule has 0 aliphatic rings. The van der Waals surface area contributed by atoms with Crippen LogP contribution in [0.4, 0.5) is 5.69 Å². The number of anilines is 1. The van der Waals surface area contributed by atoms with Crippen LogP contribution in [0.1, 0.15) is 5.56 Å². The number of carbonyl (C=O) groups is 1. The lowest BCUT2D eigenvalue weighted by Crippen LogP contribution is -2.14. The van der Waals surface area contributed by atoms with Gasteiger partial charge in [-0.25, -0.2) is 0 Å². The van der Waals surface area contributed by atoms with Gasteiger partial charge >= 0.3 is 0 Å². The van der Waals surface area contributed by atoms with Crippen LogP contribution in [0.2, 0.25) is 0 Å². The van der Waals surface area contributed by atoms with E-state index < -0.39 is 0 Å². The summed E-state index contributed by atoms with van der Waals surface area (Å²) in [5.74, 6) is 0.681. The van der Waals surface area contributed by atoms with Crippen molar-refractivity contribution in [3.05, 3.63) is 60.3 Å². The molecule has 1 amide bonds. The summed E-state index contributed by atoms with van der Waals surface area (Å²) in [7, 11) is 3.22. The number of nitrogens with one attached hydrogen (secondary N) is 1. The van der Waals surface area contributed by atoms with Crippen LogP contribution in [0.25, 0.3) is 10.9 Å². The van der Waals surface area contributed by atoms with E-state index in [0.29, 0.717) is 0 Å². The smallest absolute Gasteiger partial charge is 0.228 e. The molecule has 5 heteroatoms. The molecule has 0 unspecified atom stereocenters. The highest BCUT2D eigenvalue weighted by Gasteiger charge is 2.12. The highest BCUT2D eigenvalue weighted by Crippen LogP contribution is 2.21. The molecule has 3 aromatic rings. The first-order valence-corrected chi connectivity index (χ1v) is 7.28. The molecule has 0 atom stereocenters. The number of hydrogen-bond acceptors (Lipinski definition) is 3. The molecule has 0 aliphatic heterocycles. The lowest BCUT2D eigenvalue weighted by Gasteiger charge is -2.06. The monoisotopic (exact) mass is 310 g/mol. The van der Waals surface area contributed by atoms with Crippen LogP contribution in [0, 0.1) is 0 Å². The number of carbonyl (C=O) groups excluding carboxylic acids is 1. The molecule has 3 rings (SSSR count). The standard InChI is InChI=1S/C18H18N2O3/c1-22-15-9-7-14(8-10-15)19-18(21)11-13-12-20(23-2)17-6-4-3-5-16(13)17/h3-10,12H,11H2,1-2H3,(H,19,21). The van der Waals surface area contributed by atoms with E-state index in [0.717, 1.165) is 27.9 Å². The summed E-state index contributed by atoms with van der Waals surface area (Å²) in [6.07, 6.45) is 2.13. The molecule has 0 aliphatic carbocycles. The van der Waals surface area contributed by atoms with E-state index in [-0.39, 0.29) is 12.3 Å². The van der Waals surface area contributed by atoms with Crippen molar-refractivity contribution in [3.8, 4) is 5.75 Å². The molecule has 23 heavy (non-hydrogen) atoms. The Bertz CT molecular complexity index is 822. The van der Waals surface area contributed by atoms with Gasteiger partial charge < -0.3 is 14.9 Å². The second-order valence-electron chi connectivity index (χ2n) is 5.13. The van der Waals surface area contributed by atoms with Gasteiger partial charge in [0.1, 0.15) is 12.9 Å². The van der Waals surface area contributed by atoms with Crippen LogP contribution in [0.5, 0.6) is 5.75 Å². The Kier molecular flexibility index (Phi) is 4.19. The maximum Gasteiger partial charge on any atom is 0.228 e. The zero-order valence-corrected chi connectivity index (χ0v) is 13.1. The van der Waals surface area contributed by atoms with Gasteiger partial charge in [-0.1, -0.05) is 18.2 Å². The van der Waals surface area contributed by atoms with Crippen molar-refractivity contribution in [2.75, 3.05) is 19.5 Å². The van der Waals surface area contributed by atoms with E-state index in [9.17, 15) is 4.79 Å². The van der Waals surface area contributed by atoms with Crippen LogP contribution in [0.15, 0.2) is 54.7 Å². The predicted molar refractivity (Wildman–Crippen MR) is 89.8 cm³/mol. The van der Waals surface area contributed by atoms with Crippen molar-refractivity contribution >= 4 is 22.5 Å². The van der Waals surface area contributed by atoms with Crippen molar-refractivity contribution in [1.82, 2.24) is 4.73 Å². The number of nitrogens with zero attached hydrogens (tertiary/aromatic N) is 1. The number of amides is 1. The molecule has 1 heterocycles. The van der Waals surface area contributed by atoms with Crippen LogP contribution >= 0.6 is 0 Å². The van der Waals surface area contributed by atoms with Gasteiger partial charge in [-0.2, -0.15) is 4.73 Å². The van der Waals surface area contributed by atoms with E-state index >= 15 is 0 Å². The highest BCUT2D eigenvalue weighted by atomic mass is 16.6. The first kappa shape index (κ1) is 15.0. The molecule has 0 fully saturated rings. The minimum absolute atomic E-state index is 0.0748. The van der Waals surface area contributed by atoms with Gasteiger partial charge in [-0.15, -0.1) is 0 Å². The van der Waals surface area contributed by atoms with Crippen molar-refractivity contribution in [1.29, 1.82) is 0 Å².